The van der Waals surface area contributed by atoms with Crippen molar-refractivity contribution in [3.05, 3.63) is 59.2 Å². The Morgan fingerprint density at radius 1 is 1.05 bits per heavy atom. The maximum absolute atomic E-state index is 13.8. The van der Waals surface area contributed by atoms with Crippen LogP contribution in [0.3, 0.4) is 0 Å². The number of hydrogen-bond acceptors (Lipinski definition) is 3. The monoisotopic (exact) mass is 293 g/mol. The van der Waals surface area contributed by atoms with Crippen LogP contribution >= 0.6 is 0 Å². The lowest BCUT2D eigenvalue weighted by Crippen LogP contribution is -2.08. The Balaban J connectivity index is 2.12. The van der Waals surface area contributed by atoms with Crippen molar-refractivity contribution in [2.45, 2.75) is 13.2 Å². The van der Waals surface area contributed by atoms with Crippen LogP contribution in [0.4, 0.5) is 8.78 Å². The van der Waals surface area contributed by atoms with Crippen molar-refractivity contribution in [1.82, 2.24) is 5.32 Å². The molecule has 1 N–H and O–H groups in total. The normalized spacial score (nSPS) is 10.5. The van der Waals surface area contributed by atoms with Crippen LogP contribution in [0.5, 0.6) is 11.5 Å². The zero-order valence-corrected chi connectivity index (χ0v) is 12.0. The van der Waals surface area contributed by atoms with E-state index in [0.717, 1.165) is 0 Å². The first-order valence-electron chi connectivity index (χ1n) is 6.52. The molecule has 2 aromatic carbocycles. The Kier molecular flexibility index (Phi) is 5.11. The molecule has 0 aliphatic carbocycles. The summed E-state index contributed by atoms with van der Waals surface area (Å²) < 4.78 is 37.6. The molecule has 0 saturated heterocycles. The van der Waals surface area contributed by atoms with E-state index in [1.165, 1.54) is 25.3 Å². The van der Waals surface area contributed by atoms with Gasteiger partial charge in [0.15, 0.2) is 0 Å². The van der Waals surface area contributed by atoms with Crippen LogP contribution in [0.15, 0.2) is 36.4 Å². The summed E-state index contributed by atoms with van der Waals surface area (Å²) in [7, 11) is 3.24. The molecular weight excluding hydrogens is 276 g/mol. The van der Waals surface area contributed by atoms with E-state index in [1.54, 1.807) is 25.2 Å². The highest BCUT2D eigenvalue weighted by Gasteiger charge is 2.08. The van der Waals surface area contributed by atoms with E-state index in [9.17, 15) is 8.78 Å². The number of ether oxygens (including phenoxy) is 2. The van der Waals surface area contributed by atoms with Crippen molar-refractivity contribution < 1.29 is 18.3 Å². The first-order valence-corrected chi connectivity index (χ1v) is 6.52. The minimum absolute atomic E-state index is 0.0676. The van der Waals surface area contributed by atoms with Gasteiger partial charge in [0.05, 0.1) is 7.11 Å². The third kappa shape index (κ3) is 3.92. The number of methoxy groups -OCH3 is 1. The Morgan fingerprint density at radius 2 is 1.86 bits per heavy atom. The van der Waals surface area contributed by atoms with E-state index in [1.807, 2.05) is 0 Å². The number of rotatable bonds is 6. The molecule has 3 nitrogen and oxygen atoms in total. The SMILES string of the molecule is CNCc1cc(F)ccc1OCc1ccc(OC)cc1F. The molecule has 0 heterocycles. The first-order chi connectivity index (χ1) is 10.1. The van der Waals surface area contributed by atoms with Gasteiger partial charge < -0.3 is 14.8 Å². The molecule has 0 atom stereocenters. The van der Waals surface area contributed by atoms with Gasteiger partial charge in [0.25, 0.3) is 0 Å². The van der Waals surface area contributed by atoms with E-state index in [0.29, 0.717) is 29.2 Å². The van der Waals surface area contributed by atoms with Crippen LogP contribution in [0, 0.1) is 11.6 Å². The molecule has 0 bridgehead atoms. The Labute approximate surface area is 122 Å². The highest BCUT2D eigenvalue weighted by atomic mass is 19.1. The summed E-state index contributed by atoms with van der Waals surface area (Å²) >= 11 is 0. The van der Waals surface area contributed by atoms with Gasteiger partial charge in [0, 0.05) is 23.7 Å². The minimum atomic E-state index is -0.397. The van der Waals surface area contributed by atoms with Crippen LogP contribution in [0.25, 0.3) is 0 Å². The lowest BCUT2D eigenvalue weighted by atomic mass is 10.2. The van der Waals surface area contributed by atoms with Crippen LogP contribution in [-0.2, 0) is 13.2 Å². The molecule has 21 heavy (non-hydrogen) atoms. The van der Waals surface area contributed by atoms with E-state index in [4.69, 9.17) is 9.47 Å². The molecule has 0 radical (unpaired) electrons. The molecule has 5 heteroatoms. The van der Waals surface area contributed by atoms with Gasteiger partial charge in [-0.25, -0.2) is 8.78 Å². The van der Waals surface area contributed by atoms with Gasteiger partial charge in [-0.3, -0.25) is 0 Å². The first kappa shape index (κ1) is 15.3. The standard InChI is InChI=1S/C16H17F2NO2/c1-19-9-12-7-13(17)4-6-16(12)21-10-11-3-5-14(20-2)8-15(11)18/h3-8,19H,9-10H2,1-2H3. The molecule has 0 aliphatic rings. The molecule has 112 valence electrons. The molecule has 0 fully saturated rings. The summed E-state index contributed by atoms with van der Waals surface area (Å²) in [6, 6.07) is 8.84. The van der Waals surface area contributed by atoms with Crippen molar-refractivity contribution in [3.63, 3.8) is 0 Å². The summed E-state index contributed by atoms with van der Waals surface area (Å²) in [5.41, 5.74) is 1.10. The average molecular weight is 293 g/mol. The van der Waals surface area contributed by atoms with Gasteiger partial charge in [-0.1, -0.05) is 0 Å². The number of benzene rings is 2. The van der Waals surface area contributed by atoms with E-state index >= 15 is 0 Å². The second kappa shape index (κ2) is 7.04. The number of nitrogens with one attached hydrogen (secondary N) is 1. The van der Waals surface area contributed by atoms with Gasteiger partial charge in [-0.15, -0.1) is 0 Å². The summed E-state index contributed by atoms with van der Waals surface area (Å²) in [5, 5.41) is 2.94. The fraction of sp³-hybridized carbons (Fsp3) is 0.250. The zero-order chi connectivity index (χ0) is 15.2. The van der Waals surface area contributed by atoms with E-state index in [-0.39, 0.29) is 12.4 Å². The molecule has 0 unspecified atom stereocenters. The van der Waals surface area contributed by atoms with Crippen molar-refractivity contribution in [1.29, 1.82) is 0 Å². The average Bonchev–Trinajstić information content (AvgIpc) is 2.48. The number of hydrogen-bond donors (Lipinski definition) is 1. The van der Waals surface area contributed by atoms with Crippen molar-refractivity contribution in [3.8, 4) is 11.5 Å². The maximum atomic E-state index is 13.8. The van der Waals surface area contributed by atoms with Gasteiger partial charge in [-0.2, -0.15) is 0 Å². The second-order valence-electron chi connectivity index (χ2n) is 4.53. The van der Waals surface area contributed by atoms with Crippen LogP contribution in [0.2, 0.25) is 0 Å². The highest BCUT2D eigenvalue weighted by Crippen LogP contribution is 2.22. The fourth-order valence-electron chi connectivity index (χ4n) is 1.94. The predicted octanol–water partition coefficient (Wildman–Crippen LogP) is 3.27. The van der Waals surface area contributed by atoms with Crippen molar-refractivity contribution in [2.75, 3.05) is 14.2 Å². The molecule has 0 aliphatic heterocycles. The lowest BCUT2D eigenvalue weighted by molar-refractivity contribution is 0.295. The highest BCUT2D eigenvalue weighted by molar-refractivity contribution is 5.35. The third-order valence-corrected chi connectivity index (χ3v) is 3.03. The molecular formula is C16H17F2NO2. The zero-order valence-electron chi connectivity index (χ0n) is 12.0. The number of halogens is 2. The fourth-order valence-corrected chi connectivity index (χ4v) is 1.94. The summed E-state index contributed by atoms with van der Waals surface area (Å²) in [6.07, 6.45) is 0. The largest absolute Gasteiger partial charge is 0.497 e. The smallest absolute Gasteiger partial charge is 0.133 e. The minimum Gasteiger partial charge on any atom is -0.497 e. The maximum Gasteiger partial charge on any atom is 0.133 e. The van der Waals surface area contributed by atoms with E-state index < -0.39 is 5.82 Å². The second-order valence-corrected chi connectivity index (χ2v) is 4.53. The van der Waals surface area contributed by atoms with Crippen molar-refractivity contribution in [2.24, 2.45) is 0 Å². The Hall–Kier alpha value is -2.14. The predicted molar refractivity (Wildman–Crippen MR) is 76.4 cm³/mol. The van der Waals surface area contributed by atoms with Crippen LogP contribution in [-0.4, -0.2) is 14.2 Å². The molecule has 0 aromatic heterocycles. The summed E-state index contributed by atoms with van der Waals surface area (Å²) in [5.74, 6) is 0.254. The van der Waals surface area contributed by atoms with Gasteiger partial charge in [-0.05, 0) is 37.4 Å². The lowest BCUT2D eigenvalue weighted by Gasteiger charge is -2.12. The van der Waals surface area contributed by atoms with Gasteiger partial charge in [0.2, 0.25) is 0 Å². The van der Waals surface area contributed by atoms with E-state index in [2.05, 4.69) is 5.32 Å². The van der Waals surface area contributed by atoms with Crippen LogP contribution in [0.1, 0.15) is 11.1 Å². The summed E-state index contributed by atoms with van der Waals surface area (Å²) in [4.78, 5) is 0. The molecule has 2 rings (SSSR count). The van der Waals surface area contributed by atoms with Crippen LogP contribution < -0.4 is 14.8 Å². The Morgan fingerprint density at radius 3 is 2.52 bits per heavy atom. The topological polar surface area (TPSA) is 30.5 Å². The summed E-state index contributed by atoms with van der Waals surface area (Å²) in [6.45, 7) is 0.538. The van der Waals surface area contributed by atoms with Gasteiger partial charge >= 0.3 is 0 Å². The molecule has 0 saturated carbocycles. The van der Waals surface area contributed by atoms with Crippen molar-refractivity contribution >= 4 is 0 Å². The quantitative estimate of drug-likeness (QED) is 0.886. The Bertz CT molecular complexity index is 617. The molecule has 2 aromatic rings. The molecule has 0 spiro atoms. The van der Waals surface area contributed by atoms with Gasteiger partial charge in [0.1, 0.15) is 29.7 Å². The molecule has 0 amide bonds. The third-order valence-electron chi connectivity index (χ3n) is 3.03.